The van der Waals surface area contributed by atoms with Crippen LogP contribution in [0.4, 0.5) is 5.69 Å². The lowest BCUT2D eigenvalue weighted by Gasteiger charge is -2.26. The number of anilines is 1. The van der Waals surface area contributed by atoms with E-state index in [-0.39, 0.29) is 5.91 Å². The Bertz CT molecular complexity index is 696. The predicted molar refractivity (Wildman–Crippen MR) is 99.3 cm³/mol. The number of benzene rings is 1. The molecule has 1 aliphatic rings. The van der Waals surface area contributed by atoms with E-state index in [1.54, 1.807) is 11.8 Å². The van der Waals surface area contributed by atoms with Crippen molar-refractivity contribution in [1.82, 2.24) is 4.90 Å². The van der Waals surface area contributed by atoms with E-state index in [0.717, 1.165) is 35.8 Å². The first kappa shape index (κ1) is 16.3. The van der Waals surface area contributed by atoms with Gasteiger partial charge < -0.3 is 5.32 Å². The molecule has 2 aromatic rings. The van der Waals surface area contributed by atoms with Gasteiger partial charge in [-0.1, -0.05) is 18.2 Å². The van der Waals surface area contributed by atoms with Crippen LogP contribution in [0.2, 0.25) is 0 Å². The number of rotatable bonds is 6. The van der Waals surface area contributed by atoms with Gasteiger partial charge in [0, 0.05) is 28.6 Å². The van der Waals surface area contributed by atoms with Crippen LogP contribution in [0.5, 0.6) is 0 Å². The molecule has 0 atom stereocenters. The largest absolute Gasteiger partial charge is 0.324 e. The maximum Gasteiger partial charge on any atom is 0.238 e. The third-order valence-corrected chi connectivity index (χ3v) is 5.86. The molecule has 1 N–H and O–H groups in total. The van der Waals surface area contributed by atoms with E-state index in [4.69, 9.17) is 0 Å². The van der Waals surface area contributed by atoms with Crippen LogP contribution in [-0.2, 0) is 17.8 Å². The van der Waals surface area contributed by atoms with Crippen molar-refractivity contribution in [3.63, 3.8) is 0 Å². The highest BCUT2D eigenvalue weighted by Gasteiger charge is 2.19. The van der Waals surface area contributed by atoms with E-state index >= 15 is 0 Å². The molecule has 2 heterocycles. The first-order chi connectivity index (χ1) is 11.3. The van der Waals surface area contributed by atoms with Crippen LogP contribution in [0, 0.1) is 0 Å². The number of carbonyl (C=O) groups is 1. The Morgan fingerprint density at radius 3 is 3.13 bits per heavy atom. The Hall–Kier alpha value is -1.56. The number of thioether (sulfide) groups is 1. The van der Waals surface area contributed by atoms with Gasteiger partial charge in [-0.05, 0) is 35.6 Å². The van der Waals surface area contributed by atoms with Gasteiger partial charge >= 0.3 is 0 Å². The zero-order valence-electron chi connectivity index (χ0n) is 13.0. The molecule has 1 aromatic heterocycles. The van der Waals surface area contributed by atoms with E-state index in [1.165, 1.54) is 10.4 Å². The number of thiophene rings is 1. The summed E-state index contributed by atoms with van der Waals surface area (Å²) >= 11 is 3.50. The lowest BCUT2D eigenvalue weighted by atomic mass is 10.1. The minimum Gasteiger partial charge on any atom is -0.324 e. The number of amides is 1. The van der Waals surface area contributed by atoms with Crippen LogP contribution >= 0.6 is 23.1 Å². The van der Waals surface area contributed by atoms with Gasteiger partial charge in [0.1, 0.15) is 0 Å². The summed E-state index contributed by atoms with van der Waals surface area (Å²) in [5.41, 5.74) is 2.26. The first-order valence-electron chi connectivity index (χ1n) is 7.66. The normalized spacial score (nSPS) is 14.3. The van der Waals surface area contributed by atoms with Crippen molar-refractivity contribution in [2.75, 3.05) is 24.2 Å². The molecule has 0 aliphatic carbocycles. The number of nitrogens with one attached hydrogen (secondary N) is 1. The van der Waals surface area contributed by atoms with Crippen molar-refractivity contribution in [1.29, 1.82) is 0 Å². The molecule has 0 bridgehead atoms. The fourth-order valence-electron chi connectivity index (χ4n) is 2.68. The first-order valence-corrected chi connectivity index (χ1v) is 9.53. The molecule has 23 heavy (non-hydrogen) atoms. The summed E-state index contributed by atoms with van der Waals surface area (Å²) in [7, 11) is 0. The number of para-hydroxylation sites is 1. The minimum atomic E-state index is 0.0512. The van der Waals surface area contributed by atoms with Gasteiger partial charge in [0.25, 0.3) is 0 Å². The zero-order valence-corrected chi connectivity index (χ0v) is 14.6. The van der Waals surface area contributed by atoms with Crippen LogP contribution in [-0.4, -0.2) is 29.6 Å². The molecule has 1 amide bonds. The topological polar surface area (TPSA) is 32.3 Å². The molecule has 0 fully saturated rings. The van der Waals surface area contributed by atoms with Crippen LogP contribution in [0.25, 0.3) is 0 Å². The number of hydrogen-bond acceptors (Lipinski definition) is 4. The summed E-state index contributed by atoms with van der Waals surface area (Å²) in [6.45, 7) is 6.01. The van der Waals surface area contributed by atoms with E-state index in [9.17, 15) is 4.79 Å². The van der Waals surface area contributed by atoms with Crippen molar-refractivity contribution in [2.45, 2.75) is 17.9 Å². The molecule has 1 aromatic carbocycles. The molecular formula is C18H20N2OS2. The van der Waals surface area contributed by atoms with Gasteiger partial charge in [0.05, 0.1) is 12.2 Å². The van der Waals surface area contributed by atoms with Gasteiger partial charge in [-0.2, -0.15) is 0 Å². The Kier molecular flexibility index (Phi) is 5.54. The van der Waals surface area contributed by atoms with E-state index in [0.29, 0.717) is 6.54 Å². The standard InChI is InChI=1S/C18H20N2OS2/c1-2-10-22-17-6-4-3-5-15(17)19-18(21)13-20-9-7-16-14(12-20)8-11-23-16/h2-6,8,11H,1,7,9-10,12-13H2,(H,19,21). The van der Waals surface area contributed by atoms with E-state index < -0.39 is 0 Å². The highest BCUT2D eigenvalue weighted by atomic mass is 32.2. The molecule has 3 nitrogen and oxygen atoms in total. The number of fused-ring (bicyclic) bond motifs is 1. The quantitative estimate of drug-likeness (QED) is 0.634. The Balaban J connectivity index is 1.59. The third kappa shape index (κ3) is 4.25. The molecular weight excluding hydrogens is 324 g/mol. The fourth-order valence-corrected chi connectivity index (χ4v) is 4.32. The van der Waals surface area contributed by atoms with Crippen molar-refractivity contribution >= 4 is 34.7 Å². The monoisotopic (exact) mass is 344 g/mol. The summed E-state index contributed by atoms with van der Waals surface area (Å²) in [6, 6.07) is 10.1. The molecule has 0 spiro atoms. The van der Waals surface area contributed by atoms with Crippen LogP contribution in [0.3, 0.4) is 0 Å². The summed E-state index contributed by atoms with van der Waals surface area (Å²) in [4.78, 5) is 17.1. The second-order valence-corrected chi connectivity index (χ2v) is 7.54. The number of carbonyl (C=O) groups excluding carboxylic acids is 1. The zero-order chi connectivity index (χ0) is 16.1. The highest BCUT2D eigenvalue weighted by Crippen LogP contribution is 2.27. The van der Waals surface area contributed by atoms with Crippen molar-refractivity contribution < 1.29 is 4.79 Å². The minimum absolute atomic E-state index is 0.0512. The summed E-state index contributed by atoms with van der Waals surface area (Å²) in [5, 5.41) is 5.19. The van der Waals surface area contributed by atoms with Crippen LogP contribution in [0.15, 0.2) is 53.3 Å². The third-order valence-electron chi connectivity index (χ3n) is 3.77. The van der Waals surface area contributed by atoms with Crippen molar-refractivity contribution in [3.8, 4) is 0 Å². The van der Waals surface area contributed by atoms with Crippen molar-refractivity contribution in [3.05, 3.63) is 58.8 Å². The Morgan fingerprint density at radius 1 is 1.39 bits per heavy atom. The summed E-state index contributed by atoms with van der Waals surface area (Å²) < 4.78 is 0. The lowest BCUT2D eigenvalue weighted by Crippen LogP contribution is -2.36. The number of hydrogen-bond donors (Lipinski definition) is 1. The summed E-state index contributed by atoms with van der Waals surface area (Å²) in [6.07, 6.45) is 2.92. The van der Waals surface area contributed by atoms with Crippen LogP contribution in [0.1, 0.15) is 10.4 Å². The van der Waals surface area contributed by atoms with Crippen molar-refractivity contribution in [2.24, 2.45) is 0 Å². The molecule has 0 radical (unpaired) electrons. The van der Waals surface area contributed by atoms with E-state index in [1.807, 2.05) is 41.7 Å². The Morgan fingerprint density at radius 2 is 2.26 bits per heavy atom. The van der Waals surface area contributed by atoms with E-state index in [2.05, 4.69) is 28.2 Å². The lowest BCUT2D eigenvalue weighted by molar-refractivity contribution is -0.117. The maximum atomic E-state index is 12.4. The molecule has 0 saturated carbocycles. The average Bonchev–Trinajstić information content (AvgIpc) is 3.01. The van der Waals surface area contributed by atoms with Gasteiger partial charge in [0.2, 0.25) is 5.91 Å². The average molecular weight is 345 g/mol. The van der Waals surface area contributed by atoms with Gasteiger partial charge in [0.15, 0.2) is 0 Å². The van der Waals surface area contributed by atoms with Gasteiger partial charge in [-0.25, -0.2) is 0 Å². The molecule has 5 heteroatoms. The molecule has 0 saturated heterocycles. The molecule has 1 aliphatic heterocycles. The molecule has 120 valence electrons. The SMILES string of the molecule is C=CCSc1ccccc1NC(=O)CN1CCc2sccc2C1. The molecule has 3 rings (SSSR count). The summed E-state index contributed by atoms with van der Waals surface area (Å²) in [5.74, 6) is 0.885. The van der Waals surface area contributed by atoms with Gasteiger partial charge in [-0.15, -0.1) is 29.7 Å². The van der Waals surface area contributed by atoms with Gasteiger partial charge in [-0.3, -0.25) is 9.69 Å². The Labute approximate surface area is 145 Å². The smallest absolute Gasteiger partial charge is 0.238 e. The maximum absolute atomic E-state index is 12.4. The van der Waals surface area contributed by atoms with Crippen LogP contribution < -0.4 is 5.32 Å². The fraction of sp³-hybridized carbons (Fsp3) is 0.278. The second kappa shape index (κ2) is 7.81. The predicted octanol–water partition coefficient (Wildman–Crippen LogP) is 4.02. The second-order valence-electron chi connectivity index (χ2n) is 5.47. The number of nitrogens with zero attached hydrogens (tertiary/aromatic N) is 1. The highest BCUT2D eigenvalue weighted by molar-refractivity contribution is 7.99. The molecule has 0 unspecified atom stereocenters.